The summed E-state index contributed by atoms with van der Waals surface area (Å²) in [5.74, 6) is -0.167. The topological polar surface area (TPSA) is 87.0 Å². The monoisotopic (exact) mass is 475 g/mol. The zero-order valence-corrected chi connectivity index (χ0v) is 20.1. The third-order valence-corrected chi connectivity index (χ3v) is 7.21. The van der Waals surface area contributed by atoms with Crippen LogP contribution in [0.1, 0.15) is 48.7 Å². The van der Waals surface area contributed by atoms with Crippen LogP contribution in [0.15, 0.2) is 29.2 Å². The summed E-state index contributed by atoms with van der Waals surface area (Å²) < 4.78 is 18.8. The van der Waals surface area contributed by atoms with Crippen LogP contribution in [0.4, 0.5) is 0 Å². The number of carboxylic acids is 1. The van der Waals surface area contributed by atoms with Crippen LogP contribution in [0.2, 0.25) is 5.02 Å². The molecule has 1 N–H and O–H groups in total. The van der Waals surface area contributed by atoms with Crippen molar-refractivity contribution in [1.82, 2.24) is 4.57 Å². The van der Waals surface area contributed by atoms with E-state index in [-0.39, 0.29) is 17.0 Å². The molecular weight excluding hydrogens is 446 g/mol. The molecule has 0 unspecified atom stereocenters. The number of hydrogen-bond acceptors (Lipinski definition) is 5. The highest BCUT2D eigenvalue weighted by Gasteiger charge is 2.37. The lowest BCUT2D eigenvalue weighted by molar-refractivity contribution is -0.0141. The highest BCUT2D eigenvalue weighted by Crippen LogP contribution is 2.45. The van der Waals surface area contributed by atoms with Crippen LogP contribution < -0.4 is 10.2 Å². The van der Waals surface area contributed by atoms with Crippen LogP contribution in [-0.2, 0) is 15.9 Å². The van der Waals surface area contributed by atoms with E-state index in [2.05, 4.69) is 13.8 Å². The minimum atomic E-state index is -1.24. The van der Waals surface area contributed by atoms with Crippen LogP contribution in [0.5, 0.6) is 5.75 Å². The molecular formula is C25H30ClNO6. The lowest BCUT2D eigenvalue weighted by Gasteiger charge is -2.41. The minimum absolute atomic E-state index is 0.123. The van der Waals surface area contributed by atoms with E-state index >= 15 is 0 Å². The van der Waals surface area contributed by atoms with Crippen LogP contribution in [0, 0.1) is 11.3 Å². The first-order valence-electron chi connectivity index (χ1n) is 11.1. The van der Waals surface area contributed by atoms with E-state index in [1.807, 2.05) is 16.7 Å². The fraction of sp³-hybridized carbons (Fsp3) is 0.520. The molecule has 33 heavy (non-hydrogen) atoms. The number of ether oxygens (including phenoxy) is 3. The fourth-order valence-corrected chi connectivity index (χ4v) is 5.15. The second-order valence-corrected chi connectivity index (χ2v) is 10.1. The third-order valence-electron chi connectivity index (χ3n) is 6.91. The van der Waals surface area contributed by atoms with Gasteiger partial charge in [-0.25, -0.2) is 4.79 Å². The third kappa shape index (κ3) is 4.54. The Hall–Kier alpha value is -2.35. The summed E-state index contributed by atoms with van der Waals surface area (Å²) in [6.45, 7) is 5.20. The van der Waals surface area contributed by atoms with Gasteiger partial charge in [-0.15, -0.1) is 0 Å². The van der Waals surface area contributed by atoms with Crippen LogP contribution in [-0.4, -0.2) is 49.2 Å². The maximum absolute atomic E-state index is 12.6. The predicted octanol–water partition coefficient (Wildman–Crippen LogP) is 4.44. The summed E-state index contributed by atoms with van der Waals surface area (Å²) in [5, 5.41) is 9.98. The van der Waals surface area contributed by atoms with Crippen molar-refractivity contribution >= 4 is 17.6 Å². The number of nitrogens with zero attached hydrogens (tertiary/aromatic N) is 1. The molecule has 0 spiro atoms. The zero-order valence-electron chi connectivity index (χ0n) is 19.4. The Balaban J connectivity index is 1.73. The molecule has 2 heterocycles. The average molecular weight is 476 g/mol. The minimum Gasteiger partial charge on any atom is -0.492 e. The summed E-state index contributed by atoms with van der Waals surface area (Å²) in [6, 6.07) is 5.05. The molecule has 0 radical (unpaired) electrons. The second-order valence-electron chi connectivity index (χ2n) is 9.74. The summed E-state index contributed by atoms with van der Waals surface area (Å²) in [5.41, 5.74) is 1.37. The Bertz CT molecular complexity index is 1120. The summed E-state index contributed by atoms with van der Waals surface area (Å²) in [4.78, 5) is 24.2. The number of methoxy groups -OCH3 is 2. The molecule has 1 fully saturated rings. The van der Waals surface area contributed by atoms with Crippen molar-refractivity contribution in [1.29, 1.82) is 0 Å². The molecule has 1 aliphatic heterocycles. The number of benzene rings is 1. The van der Waals surface area contributed by atoms with Gasteiger partial charge in [0.1, 0.15) is 11.3 Å². The van der Waals surface area contributed by atoms with E-state index in [1.165, 1.54) is 12.3 Å². The van der Waals surface area contributed by atoms with Crippen molar-refractivity contribution in [2.45, 2.75) is 45.3 Å². The van der Waals surface area contributed by atoms with E-state index in [0.29, 0.717) is 48.1 Å². The first kappa shape index (κ1) is 23.8. The molecule has 0 bridgehead atoms. The van der Waals surface area contributed by atoms with Gasteiger partial charge in [-0.05, 0) is 42.9 Å². The highest BCUT2D eigenvalue weighted by atomic mass is 35.5. The van der Waals surface area contributed by atoms with Crippen molar-refractivity contribution in [3.63, 3.8) is 0 Å². The van der Waals surface area contributed by atoms with Crippen molar-refractivity contribution in [2.24, 2.45) is 11.3 Å². The Morgan fingerprint density at radius 3 is 2.61 bits per heavy atom. The van der Waals surface area contributed by atoms with Crippen molar-refractivity contribution < 1.29 is 24.1 Å². The van der Waals surface area contributed by atoms with Gasteiger partial charge in [-0.1, -0.05) is 25.4 Å². The molecule has 1 saturated carbocycles. The molecule has 4 rings (SSSR count). The average Bonchev–Trinajstić information content (AvgIpc) is 2.72. The molecule has 178 valence electrons. The van der Waals surface area contributed by atoms with Gasteiger partial charge in [-0.3, -0.25) is 4.79 Å². The molecule has 1 aromatic heterocycles. The van der Waals surface area contributed by atoms with Gasteiger partial charge < -0.3 is 23.9 Å². The summed E-state index contributed by atoms with van der Waals surface area (Å²) >= 11 is 6.57. The quantitative estimate of drug-likeness (QED) is 0.607. The van der Waals surface area contributed by atoms with Gasteiger partial charge in [0.2, 0.25) is 0 Å². The van der Waals surface area contributed by atoms with Gasteiger partial charge in [0, 0.05) is 43.5 Å². The maximum atomic E-state index is 12.6. The number of halogens is 1. The molecule has 1 aromatic carbocycles. The predicted molar refractivity (Wildman–Crippen MR) is 126 cm³/mol. The Kier molecular flexibility index (Phi) is 6.58. The standard InChI is InChI=1S/C25H30ClNO6/c1-25(2,13-31-3)23-8-15-7-22(33-12-14-5-16(6-14)32-4)19(26)9-17(15)20-10-21(28)18(24(29)30)11-27(20)23/h7,9-11,14,16,23H,5-6,8,12-13H2,1-4H3,(H,29,30)/t14?,16?,23-/m0/s1. The number of rotatable bonds is 8. The molecule has 1 atom stereocenters. The maximum Gasteiger partial charge on any atom is 0.341 e. The van der Waals surface area contributed by atoms with Crippen LogP contribution in [0.25, 0.3) is 11.3 Å². The van der Waals surface area contributed by atoms with Crippen molar-refractivity contribution in [2.75, 3.05) is 27.4 Å². The van der Waals surface area contributed by atoms with Gasteiger partial charge in [0.05, 0.1) is 30.0 Å². The molecule has 0 saturated heterocycles. The molecule has 2 aliphatic rings. The largest absolute Gasteiger partial charge is 0.492 e. The Labute approximate surface area is 198 Å². The van der Waals surface area contributed by atoms with E-state index in [4.69, 9.17) is 25.8 Å². The van der Waals surface area contributed by atoms with Crippen molar-refractivity contribution in [3.8, 4) is 17.0 Å². The highest BCUT2D eigenvalue weighted by molar-refractivity contribution is 6.32. The molecule has 8 heteroatoms. The number of pyridine rings is 1. The molecule has 0 amide bonds. The Morgan fingerprint density at radius 1 is 1.24 bits per heavy atom. The van der Waals surface area contributed by atoms with Gasteiger partial charge >= 0.3 is 5.97 Å². The van der Waals surface area contributed by atoms with Gasteiger partial charge in [0.25, 0.3) is 0 Å². The van der Waals surface area contributed by atoms with Crippen molar-refractivity contribution in [3.05, 3.63) is 50.8 Å². The first-order chi connectivity index (χ1) is 15.6. The number of aromatic nitrogens is 1. The summed E-state index contributed by atoms with van der Waals surface area (Å²) in [6.07, 6.45) is 4.35. The normalized spacial score (nSPS) is 21.7. The smallest absolute Gasteiger partial charge is 0.341 e. The molecule has 2 aromatic rings. The van der Waals surface area contributed by atoms with E-state index in [0.717, 1.165) is 24.0 Å². The first-order valence-corrected chi connectivity index (χ1v) is 11.5. The fourth-order valence-electron chi connectivity index (χ4n) is 4.94. The zero-order chi connectivity index (χ0) is 23.9. The molecule has 1 aliphatic carbocycles. The number of carbonyl (C=O) groups is 1. The lowest BCUT2D eigenvalue weighted by Crippen LogP contribution is -2.37. The number of carboxylic acid groups (broad SMARTS) is 1. The number of fused-ring (bicyclic) bond motifs is 3. The number of hydrogen-bond donors (Lipinski definition) is 1. The summed E-state index contributed by atoms with van der Waals surface area (Å²) in [7, 11) is 3.37. The van der Waals surface area contributed by atoms with E-state index < -0.39 is 11.4 Å². The van der Waals surface area contributed by atoms with Gasteiger partial charge in [-0.2, -0.15) is 0 Å². The van der Waals surface area contributed by atoms with Gasteiger partial charge in [0.15, 0.2) is 5.43 Å². The molecule has 7 nitrogen and oxygen atoms in total. The van der Waals surface area contributed by atoms with E-state index in [1.54, 1.807) is 14.2 Å². The lowest BCUT2D eigenvalue weighted by atomic mass is 9.78. The van der Waals surface area contributed by atoms with Crippen LogP contribution >= 0.6 is 11.6 Å². The number of aromatic carboxylic acids is 1. The van der Waals surface area contributed by atoms with Crippen LogP contribution in [0.3, 0.4) is 0 Å². The Morgan fingerprint density at radius 2 is 1.97 bits per heavy atom. The second kappa shape index (κ2) is 9.12. The SMILES string of the molecule is COCC(C)(C)[C@@H]1Cc2cc(OCC3CC(OC)C3)c(Cl)cc2-c2cc(=O)c(C(=O)O)cn21. The van der Waals surface area contributed by atoms with E-state index in [9.17, 15) is 14.7 Å².